The molecule has 1 saturated carbocycles. The van der Waals surface area contributed by atoms with Gasteiger partial charge in [0.15, 0.2) is 0 Å². The number of morpholine rings is 1. The molecule has 6 nitrogen and oxygen atoms in total. The summed E-state index contributed by atoms with van der Waals surface area (Å²) >= 11 is 0. The third-order valence-corrected chi connectivity index (χ3v) is 4.55. The minimum atomic E-state index is 0.182. The van der Waals surface area contributed by atoms with Crippen molar-refractivity contribution in [3.05, 3.63) is 18.1 Å². The summed E-state index contributed by atoms with van der Waals surface area (Å²) in [5.74, 6) is 1.73. The van der Waals surface area contributed by atoms with Crippen molar-refractivity contribution in [1.29, 1.82) is 0 Å². The van der Waals surface area contributed by atoms with Crippen LogP contribution in [0.15, 0.2) is 12.3 Å². The van der Waals surface area contributed by atoms with E-state index in [1.165, 1.54) is 25.7 Å². The van der Waals surface area contributed by atoms with Gasteiger partial charge in [0.1, 0.15) is 11.6 Å². The van der Waals surface area contributed by atoms with Crippen molar-refractivity contribution in [2.75, 3.05) is 45.3 Å². The molecule has 0 bridgehead atoms. The first-order valence-electron chi connectivity index (χ1n) is 8.27. The van der Waals surface area contributed by atoms with E-state index in [1.54, 1.807) is 7.11 Å². The molecule has 6 heteroatoms. The molecule has 2 heterocycles. The fraction of sp³-hybridized carbons (Fsp3) is 0.750. The molecule has 122 valence electrons. The van der Waals surface area contributed by atoms with Crippen LogP contribution in [0.3, 0.4) is 0 Å². The summed E-state index contributed by atoms with van der Waals surface area (Å²) in [5, 5.41) is 3.27. The fourth-order valence-corrected chi connectivity index (χ4v) is 3.43. The first-order valence-corrected chi connectivity index (χ1v) is 8.27. The summed E-state index contributed by atoms with van der Waals surface area (Å²) in [6.45, 7) is 3.91. The number of methoxy groups -OCH3 is 1. The zero-order valence-electron chi connectivity index (χ0n) is 13.3. The predicted octanol–water partition coefficient (Wildman–Crippen LogP) is 1.85. The molecule has 1 aliphatic carbocycles. The second-order valence-electron chi connectivity index (χ2n) is 5.99. The molecule has 3 rings (SSSR count). The summed E-state index contributed by atoms with van der Waals surface area (Å²) in [6, 6.07) is 2.76. The first kappa shape index (κ1) is 15.6. The Balaban J connectivity index is 1.71. The van der Waals surface area contributed by atoms with Crippen LogP contribution < -0.4 is 5.32 Å². The lowest BCUT2D eigenvalue weighted by Crippen LogP contribution is -2.45. The van der Waals surface area contributed by atoms with Crippen LogP contribution in [0.2, 0.25) is 0 Å². The van der Waals surface area contributed by atoms with Crippen molar-refractivity contribution in [3.63, 3.8) is 0 Å². The molecule has 22 heavy (non-hydrogen) atoms. The minimum Gasteiger partial charge on any atom is -0.383 e. The number of nitrogens with zero attached hydrogens (tertiary/aromatic N) is 3. The second kappa shape index (κ2) is 7.85. The van der Waals surface area contributed by atoms with Gasteiger partial charge in [-0.05, 0) is 18.9 Å². The predicted molar refractivity (Wildman–Crippen MR) is 84.9 cm³/mol. The number of anilines is 1. The number of hydrogen-bond acceptors (Lipinski definition) is 6. The second-order valence-corrected chi connectivity index (χ2v) is 5.99. The van der Waals surface area contributed by atoms with Crippen LogP contribution >= 0.6 is 0 Å². The molecule has 0 aromatic carbocycles. The van der Waals surface area contributed by atoms with Gasteiger partial charge < -0.3 is 14.8 Å². The molecule has 0 radical (unpaired) electrons. The highest BCUT2D eigenvalue weighted by atomic mass is 16.5. The van der Waals surface area contributed by atoms with E-state index in [4.69, 9.17) is 14.5 Å². The molecule has 1 unspecified atom stereocenters. The highest BCUT2D eigenvalue weighted by Crippen LogP contribution is 2.31. The van der Waals surface area contributed by atoms with Gasteiger partial charge in [0.05, 0.1) is 25.9 Å². The maximum atomic E-state index is 5.70. The highest BCUT2D eigenvalue weighted by Gasteiger charge is 2.33. The summed E-state index contributed by atoms with van der Waals surface area (Å²) < 4.78 is 10.8. The number of rotatable bonds is 6. The monoisotopic (exact) mass is 306 g/mol. The molecule has 0 spiro atoms. The lowest BCUT2D eigenvalue weighted by Gasteiger charge is -2.38. The Kier molecular flexibility index (Phi) is 5.58. The fourth-order valence-electron chi connectivity index (χ4n) is 3.43. The number of aromatic nitrogens is 2. The topological polar surface area (TPSA) is 59.5 Å². The lowest BCUT2D eigenvalue weighted by atomic mass is 10.1. The first-order chi connectivity index (χ1) is 10.9. The van der Waals surface area contributed by atoms with Crippen LogP contribution in [0, 0.1) is 0 Å². The largest absolute Gasteiger partial charge is 0.383 e. The summed E-state index contributed by atoms with van der Waals surface area (Å²) in [5.41, 5.74) is 0. The third kappa shape index (κ3) is 3.74. The Morgan fingerprint density at radius 3 is 3.09 bits per heavy atom. The van der Waals surface area contributed by atoms with Crippen LogP contribution in [0.25, 0.3) is 0 Å². The van der Waals surface area contributed by atoms with Crippen molar-refractivity contribution in [3.8, 4) is 0 Å². The summed E-state index contributed by atoms with van der Waals surface area (Å²) in [4.78, 5) is 11.8. The quantitative estimate of drug-likeness (QED) is 0.810. The Morgan fingerprint density at radius 1 is 1.41 bits per heavy atom. The molecule has 1 aliphatic heterocycles. The molecule has 0 amide bonds. The molecular formula is C16H26N4O2. The summed E-state index contributed by atoms with van der Waals surface area (Å²) in [7, 11) is 1.70. The van der Waals surface area contributed by atoms with E-state index in [-0.39, 0.29) is 6.04 Å². The van der Waals surface area contributed by atoms with Crippen molar-refractivity contribution in [2.45, 2.75) is 37.8 Å². The average molecular weight is 306 g/mol. The Hall–Kier alpha value is -1.24. The van der Waals surface area contributed by atoms with E-state index < -0.39 is 0 Å². The Morgan fingerprint density at radius 2 is 2.27 bits per heavy atom. The minimum absolute atomic E-state index is 0.182. The molecule has 1 N–H and O–H groups in total. The maximum Gasteiger partial charge on any atom is 0.150 e. The van der Waals surface area contributed by atoms with Gasteiger partial charge >= 0.3 is 0 Å². The molecule has 1 saturated heterocycles. The van der Waals surface area contributed by atoms with Crippen LogP contribution in [0.5, 0.6) is 0 Å². The van der Waals surface area contributed by atoms with Gasteiger partial charge in [0.2, 0.25) is 0 Å². The van der Waals surface area contributed by atoms with Crippen molar-refractivity contribution < 1.29 is 9.47 Å². The number of hydrogen-bond donors (Lipinski definition) is 1. The molecule has 2 aliphatic rings. The van der Waals surface area contributed by atoms with Gasteiger partial charge in [-0.2, -0.15) is 0 Å². The smallest absolute Gasteiger partial charge is 0.150 e. The normalized spacial score (nSPS) is 23.8. The van der Waals surface area contributed by atoms with E-state index in [1.807, 2.05) is 12.3 Å². The average Bonchev–Trinajstić information content (AvgIpc) is 3.10. The molecule has 1 atom stereocenters. The molecule has 2 fully saturated rings. The Bertz CT molecular complexity index is 465. The van der Waals surface area contributed by atoms with E-state index >= 15 is 0 Å². The number of nitrogens with one attached hydrogen (secondary N) is 1. The van der Waals surface area contributed by atoms with Crippen LogP contribution in [0.1, 0.15) is 37.5 Å². The van der Waals surface area contributed by atoms with E-state index in [9.17, 15) is 0 Å². The van der Waals surface area contributed by atoms with Crippen LogP contribution in [-0.4, -0.2) is 60.9 Å². The van der Waals surface area contributed by atoms with Gasteiger partial charge in [-0.25, -0.2) is 9.97 Å². The highest BCUT2D eigenvalue weighted by molar-refractivity contribution is 5.33. The SMILES string of the molecule is COCCNc1ccnc(C2COCCN2C2CCCC2)n1. The molecule has 1 aromatic rings. The van der Waals surface area contributed by atoms with E-state index in [0.717, 1.165) is 31.3 Å². The van der Waals surface area contributed by atoms with Gasteiger partial charge in [-0.1, -0.05) is 12.8 Å². The van der Waals surface area contributed by atoms with Gasteiger partial charge in [0, 0.05) is 32.4 Å². The zero-order valence-corrected chi connectivity index (χ0v) is 13.3. The maximum absolute atomic E-state index is 5.70. The van der Waals surface area contributed by atoms with E-state index in [2.05, 4.69) is 15.2 Å². The van der Waals surface area contributed by atoms with Gasteiger partial charge in [-0.15, -0.1) is 0 Å². The van der Waals surface area contributed by atoms with Crippen molar-refractivity contribution in [2.24, 2.45) is 0 Å². The standard InChI is InChI=1S/C16H26N4O2/c1-21-10-8-17-15-6-7-18-16(19-15)14-12-22-11-9-20(14)13-4-2-3-5-13/h6-7,13-14H,2-5,8-12H2,1H3,(H,17,18,19). The zero-order chi connectivity index (χ0) is 15.2. The van der Waals surface area contributed by atoms with Crippen molar-refractivity contribution >= 4 is 5.82 Å². The third-order valence-electron chi connectivity index (χ3n) is 4.55. The molecular weight excluding hydrogens is 280 g/mol. The van der Waals surface area contributed by atoms with Crippen LogP contribution in [0.4, 0.5) is 5.82 Å². The summed E-state index contributed by atoms with van der Waals surface area (Å²) in [6.07, 6.45) is 7.10. The lowest BCUT2D eigenvalue weighted by molar-refractivity contribution is -0.0320. The van der Waals surface area contributed by atoms with Gasteiger partial charge in [-0.3, -0.25) is 4.90 Å². The van der Waals surface area contributed by atoms with Crippen molar-refractivity contribution in [1.82, 2.24) is 14.9 Å². The van der Waals surface area contributed by atoms with E-state index in [0.29, 0.717) is 19.3 Å². The van der Waals surface area contributed by atoms with Crippen LogP contribution in [-0.2, 0) is 9.47 Å². The van der Waals surface area contributed by atoms with Gasteiger partial charge in [0.25, 0.3) is 0 Å². The Labute approximate surface area is 132 Å². The molecule has 1 aromatic heterocycles. The number of ether oxygens (including phenoxy) is 2.